The molecule has 6 heteroatoms. The van der Waals surface area contributed by atoms with Crippen molar-refractivity contribution in [3.63, 3.8) is 0 Å². The van der Waals surface area contributed by atoms with E-state index in [-0.39, 0.29) is 23.8 Å². The Labute approximate surface area is 163 Å². The van der Waals surface area contributed by atoms with Crippen molar-refractivity contribution in [1.82, 2.24) is 10.0 Å². The molecule has 3 saturated heterocycles. The van der Waals surface area contributed by atoms with Crippen molar-refractivity contribution in [3.05, 3.63) is 64.7 Å². The molecule has 3 aliphatic heterocycles. The SMILES string of the molecule is Cc1ccc([C@@H]2[C@H]3C(=O)N(c4cccc(Cl)c4)C(=O)[C@@H]3N3CCCN23)cc1. The number of carbonyl (C=O) groups is 2. The number of halogens is 1. The summed E-state index contributed by atoms with van der Waals surface area (Å²) in [5, 5.41) is 4.86. The molecule has 0 radical (unpaired) electrons. The van der Waals surface area contributed by atoms with Crippen LogP contribution >= 0.6 is 11.6 Å². The minimum absolute atomic E-state index is 0.0984. The van der Waals surface area contributed by atoms with Gasteiger partial charge >= 0.3 is 0 Å². The maximum Gasteiger partial charge on any atom is 0.253 e. The van der Waals surface area contributed by atoms with Gasteiger partial charge in [-0.2, -0.15) is 0 Å². The van der Waals surface area contributed by atoms with E-state index in [1.807, 2.05) is 0 Å². The van der Waals surface area contributed by atoms with Crippen LogP contribution in [0, 0.1) is 12.8 Å². The van der Waals surface area contributed by atoms with E-state index in [2.05, 4.69) is 41.2 Å². The molecule has 3 fully saturated rings. The second kappa shape index (κ2) is 6.16. The van der Waals surface area contributed by atoms with E-state index in [1.165, 1.54) is 10.5 Å². The van der Waals surface area contributed by atoms with Gasteiger partial charge in [0.05, 0.1) is 17.6 Å². The molecule has 3 heterocycles. The number of hydrazine groups is 1. The first kappa shape index (κ1) is 16.9. The normalized spacial score (nSPS) is 28.1. The fourth-order valence-electron chi connectivity index (χ4n) is 4.75. The molecule has 0 aromatic heterocycles. The van der Waals surface area contributed by atoms with Gasteiger partial charge in [-0.25, -0.2) is 14.9 Å². The Balaban J connectivity index is 1.59. The lowest BCUT2D eigenvalue weighted by Crippen LogP contribution is -2.44. The third kappa shape index (κ3) is 2.46. The summed E-state index contributed by atoms with van der Waals surface area (Å²) >= 11 is 6.10. The molecule has 0 saturated carbocycles. The first-order valence-corrected chi connectivity index (χ1v) is 9.67. The summed E-state index contributed by atoms with van der Waals surface area (Å²) in [5.74, 6) is -0.666. The van der Waals surface area contributed by atoms with Crippen LogP contribution in [0.3, 0.4) is 0 Å². The molecule has 5 nitrogen and oxygen atoms in total. The van der Waals surface area contributed by atoms with E-state index >= 15 is 0 Å². The Morgan fingerprint density at radius 1 is 0.926 bits per heavy atom. The number of nitrogens with zero attached hydrogens (tertiary/aromatic N) is 3. The highest BCUT2D eigenvalue weighted by atomic mass is 35.5. The van der Waals surface area contributed by atoms with Crippen LogP contribution in [0.5, 0.6) is 0 Å². The topological polar surface area (TPSA) is 43.9 Å². The number of anilines is 1. The van der Waals surface area contributed by atoms with Crippen LogP contribution in [-0.4, -0.2) is 41.0 Å². The van der Waals surface area contributed by atoms with Gasteiger partial charge in [0, 0.05) is 18.1 Å². The van der Waals surface area contributed by atoms with E-state index in [0.29, 0.717) is 10.7 Å². The van der Waals surface area contributed by atoms with Gasteiger partial charge in [-0.1, -0.05) is 47.5 Å². The van der Waals surface area contributed by atoms with Crippen LogP contribution < -0.4 is 4.90 Å². The quantitative estimate of drug-likeness (QED) is 0.749. The van der Waals surface area contributed by atoms with Crippen molar-refractivity contribution in [3.8, 4) is 0 Å². The molecule has 27 heavy (non-hydrogen) atoms. The summed E-state index contributed by atoms with van der Waals surface area (Å²) in [5.41, 5.74) is 2.83. The maximum atomic E-state index is 13.4. The summed E-state index contributed by atoms with van der Waals surface area (Å²) < 4.78 is 0. The number of rotatable bonds is 2. The highest BCUT2D eigenvalue weighted by Crippen LogP contribution is 2.48. The zero-order valence-electron chi connectivity index (χ0n) is 15.0. The standard InChI is InChI=1S/C21H20ClN3O2/c1-13-6-8-14(9-7-13)18-17-19(24-11-3-10-23(18)24)21(27)25(20(17)26)16-5-2-4-15(22)12-16/h2,4-9,12,17-19H,3,10-11H2,1H3/t17-,18-,19-/m1/s1. The number of amides is 2. The lowest BCUT2D eigenvalue weighted by molar-refractivity contribution is -0.126. The molecule has 0 N–H and O–H groups in total. The Morgan fingerprint density at radius 3 is 2.33 bits per heavy atom. The first-order chi connectivity index (χ1) is 13.1. The smallest absolute Gasteiger partial charge is 0.253 e. The maximum absolute atomic E-state index is 13.4. The largest absolute Gasteiger partial charge is 0.274 e. The van der Waals surface area contributed by atoms with Crippen LogP contribution in [0.4, 0.5) is 5.69 Å². The third-order valence-corrected chi connectivity index (χ3v) is 6.13. The van der Waals surface area contributed by atoms with Crippen LogP contribution in [0.25, 0.3) is 0 Å². The second-order valence-corrected chi connectivity index (χ2v) is 7.93. The molecule has 2 amide bonds. The summed E-state index contributed by atoms with van der Waals surface area (Å²) in [6, 6.07) is 14.7. The van der Waals surface area contributed by atoms with Crippen LogP contribution in [0.1, 0.15) is 23.6 Å². The van der Waals surface area contributed by atoms with Gasteiger partial charge in [0.2, 0.25) is 5.91 Å². The zero-order chi connectivity index (χ0) is 18.7. The minimum atomic E-state index is -0.426. The molecule has 3 aliphatic rings. The summed E-state index contributed by atoms with van der Waals surface area (Å²) in [6.07, 6.45) is 1.00. The van der Waals surface area contributed by atoms with Crippen molar-refractivity contribution in [2.75, 3.05) is 18.0 Å². The second-order valence-electron chi connectivity index (χ2n) is 7.50. The summed E-state index contributed by atoms with van der Waals surface area (Å²) in [6.45, 7) is 3.74. The molecule has 2 aromatic rings. The highest BCUT2D eigenvalue weighted by molar-refractivity contribution is 6.31. The van der Waals surface area contributed by atoms with Crippen molar-refractivity contribution in [2.24, 2.45) is 5.92 Å². The number of aryl methyl sites for hydroxylation is 1. The number of benzene rings is 2. The number of hydrogen-bond acceptors (Lipinski definition) is 4. The average Bonchev–Trinajstić information content (AvgIpc) is 3.28. The molecule has 0 spiro atoms. The molecule has 3 atom stereocenters. The average molecular weight is 382 g/mol. The van der Waals surface area contributed by atoms with Gasteiger partial charge in [0.1, 0.15) is 6.04 Å². The molecular formula is C21H20ClN3O2. The molecule has 138 valence electrons. The Kier molecular flexibility index (Phi) is 3.86. The monoisotopic (exact) mass is 381 g/mol. The number of hydrogen-bond donors (Lipinski definition) is 0. The molecule has 5 rings (SSSR count). The van der Waals surface area contributed by atoms with E-state index < -0.39 is 6.04 Å². The minimum Gasteiger partial charge on any atom is -0.274 e. The Hall–Kier alpha value is -2.21. The Bertz CT molecular complexity index is 929. The van der Waals surface area contributed by atoms with E-state index in [9.17, 15) is 9.59 Å². The molecule has 0 bridgehead atoms. The first-order valence-electron chi connectivity index (χ1n) is 9.29. The lowest BCUT2D eigenvalue weighted by Gasteiger charge is -2.29. The predicted molar refractivity (Wildman–Crippen MR) is 103 cm³/mol. The fourth-order valence-corrected chi connectivity index (χ4v) is 4.93. The van der Waals surface area contributed by atoms with Crippen LogP contribution in [-0.2, 0) is 9.59 Å². The van der Waals surface area contributed by atoms with E-state index in [0.717, 1.165) is 25.1 Å². The van der Waals surface area contributed by atoms with E-state index in [4.69, 9.17) is 11.6 Å². The Morgan fingerprint density at radius 2 is 1.63 bits per heavy atom. The van der Waals surface area contributed by atoms with Crippen LogP contribution in [0.15, 0.2) is 48.5 Å². The van der Waals surface area contributed by atoms with Crippen LogP contribution in [0.2, 0.25) is 5.02 Å². The zero-order valence-corrected chi connectivity index (χ0v) is 15.8. The van der Waals surface area contributed by atoms with Gasteiger partial charge in [-0.15, -0.1) is 0 Å². The molecule has 0 unspecified atom stereocenters. The van der Waals surface area contributed by atoms with Gasteiger partial charge in [-0.05, 0) is 37.1 Å². The van der Waals surface area contributed by atoms with Gasteiger partial charge in [0.15, 0.2) is 0 Å². The summed E-state index contributed by atoms with van der Waals surface area (Å²) in [7, 11) is 0. The molecule has 2 aromatic carbocycles. The number of imide groups is 1. The summed E-state index contributed by atoms with van der Waals surface area (Å²) in [4.78, 5) is 28.0. The lowest BCUT2D eigenvalue weighted by atomic mass is 9.89. The molecule has 0 aliphatic carbocycles. The van der Waals surface area contributed by atoms with E-state index in [1.54, 1.807) is 24.3 Å². The number of fused-ring (bicyclic) bond motifs is 3. The van der Waals surface area contributed by atoms with Crippen molar-refractivity contribution in [1.29, 1.82) is 0 Å². The van der Waals surface area contributed by atoms with Gasteiger partial charge in [0.25, 0.3) is 5.91 Å². The van der Waals surface area contributed by atoms with Gasteiger partial charge < -0.3 is 0 Å². The fraction of sp³-hybridized carbons (Fsp3) is 0.333. The van der Waals surface area contributed by atoms with Crippen molar-refractivity contribution < 1.29 is 9.59 Å². The predicted octanol–water partition coefficient (Wildman–Crippen LogP) is 3.18. The number of carbonyl (C=O) groups excluding carboxylic acids is 2. The van der Waals surface area contributed by atoms with Crippen molar-refractivity contribution in [2.45, 2.75) is 25.4 Å². The molecular weight excluding hydrogens is 362 g/mol. The van der Waals surface area contributed by atoms with Crippen molar-refractivity contribution >= 4 is 29.1 Å². The van der Waals surface area contributed by atoms with Gasteiger partial charge in [-0.3, -0.25) is 9.59 Å². The third-order valence-electron chi connectivity index (χ3n) is 5.89. The highest BCUT2D eigenvalue weighted by Gasteiger charge is 2.62.